The maximum absolute atomic E-state index is 11.7. The van der Waals surface area contributed by atoms with E-state index in [4.69, 9.17) is 5.11 Å². The summed E-state index contributed by atoms with van der Waals surface area (Å²) >= 11 is 0. The summed E-state index contributed by atoms with van der Waals surface area (Å²) in [6.45, 7) is 1.73. The van der Waals surface area contributed by atoms with Crippen LogP contribution in [0.25, 0.3) is 11.3 Å². The third-order valence-corrected chi connectivity index (χ3v) is 3.48. The number of hydrogen-bond acceptors (Lipinski definition) is 2. The average molecular weight is 300 g/mol. The first kappa shape index (κ1) is 15.8. The standard InChI is InChI=1S/C17H20N2O3/c1-12(17(21)22)11-18-16(20)10-8-14-7-9-15(19-14)13-5-3-2-4-6-13/h2-7,9,12,19H,8,10-11H2,1H3,(H,18,20)(H,21,22). The number of carbonyl (C=O) groups is 2. The van der Waals surface area contributed by atoms with Gasteiger partial charge < -0.3 is 15.4 Å². The van der Waals surface area contributed by atoms with E-state index in [9.17, 15) is 9.59 Å². The van der Waals surface area contributed by atoms with Crippen molar-refractivity contribution in [1.82, 2.24) is 10.3 Å². The number of nitrogens with one attached hydrogen (secondary N) is 2. The Bertz CT molecular complexity index is 634. The lowest BCUT2D eigenvalue weighted by Gasteiger charge is -2.07. The molecule has 2 rings (SSSR count). The maximum Gasteiger partial charge on any atom is 0.308 e. The van der Waals surface area contributed by atoms with Crippen LogP contribution in [0.1, 0.15) is 19.0 Å². The van der Waals surface area contributed by atoms with E-state index in [-0.39, 0.29) is 12.5 Å². The molecule has 0 spiro atoms. The fraction of sp³-hybridized carbons (Fsp3) is 0.294. The zero-order valence-corrected chi connectivity index (χ0v) is 12.5. The van der Waals surface area contributed by atoms with Crippen LogP contribution in [0.4, 0.5) is 0 Å². The number of hydrogen-bond donors (Lipinski definition) is 3. The third kappa shape index (κ3) is 4.48. The maximum atomic E-state index is 11.7. The van der Waals surface area contributed by atoms with Gasteiger partial charge in [0.1, 0.15) is 0 Å². The molecular formula is C17H20N2O3. The molecule has 5 heteroatoms. The average Bonchev–Trinajstić information content (AvgIpc) is 3.00. The third-order valence-electron chi connectivity index (χ3n) is 3.48. The van der Waals surface area contributed by atoms with E-state index in [0.717, 1.165) is 17.0 Å². The van der Waals surface area contributed by atoms with Crippen LogP contribution in [0.15, 0.2) is 42.5 Å². The van der Waals surface area contributed by atoms with Crippen LogP contribution >= 0.6 is 0 Å². The van der Waals surface area contributed by atoms with Gasteiger partial charge in [0, 0.05) is 24.4 Å². The molecule has 1 heterocycles. The molecule has 0 radical (unpaired) electrons. The first-order valence-corrected chi connectivity index (χ1v) is 7.29. The number of rotatable bonds is 7. The summed E-state index contributed by atoms with van der Waals surface area (Å²) in [6.07, 6.45) is 0.932. The molecule has 0 aliphatic rings. The fourth-order valence-electron chi connectivity index (χ4n) is 2.06. The van der Waals surface area contributed by atoms with E-state index in [0.29, 0.717) is 12.8 Å². The summed E-state index contributed by atoms with van der Waals surface area (Å²) in [5, 5.41) is 11.4. The SMILES string of the molecule is CC(CNC(=O)CCc1ccc(-c2ccccc2)[nH]1)C(=O)O. The van der Waals surface area contributed by atoms with E-state index in [2.05, 4.69) is 10.3 Å². The number of amides is 1. The van der Waals surface area contributed by atoms with Gasteiger partial charge in [0.15, 0.2) is 0 Å². The Hall–Kier alpha value is -2.56. The van der Waals surface area contributed by atoms with Crippen molar-refractivity contribution in [3.8, 4) is 11.3 Å². The summed E-state index contributed by atoms with van der Waals surface area (Å²) in [4.78, 5) is 25.7. The van der Waals surface area contributed by atoms with Crippen LogP contribution in [0, 0.1) is 5.92 Å². The molecule has 0 saturated carbocycles. The lowest BCUT2D eigenvalue weighted by Crippen LogP contribution is -2.31. The van der Waals surface area contributed by atoms with Gasteiger partial charge in [-0.3, -0.25) is 9.59 Å². The van der Waals surface area contributed by atoms with Crippen LogP contribution in [0.3, 0.4) is 0 Å². The molecule has 5 nitrogen and oxygen atoms in total. The summed E-state index contributed by atoms with van der Waals surface area (Å²) in [5.74, 6) is -1.61. The van der Waals surface area contributed by atoms with E-state index in [1.54, 1.807) is 6.92 Å². The zero-order valence-electron chi connectivity index (χ0n) is 12.5. The van der Waals surface area contributed by atoms with Crippen molar-refractivity contribution in [1.29, 1.82) is 0 Å². The lowest BCUT2D eigenvalue weighted by molar-refractivity contribution is -0.141. The second-order valence-corrected chi connectivity index (χ2v) is 5.31. The predicted molar refractivity (Wildman–Crippen MR) is 84.4 cm³/mol. The highest BCUT2D eigenvalue weighted by atomic mass is 16.4. The summed E-state index contributed by atoms with van der Waals surface area (Å²) in [6, 6.07) is 13.9. The summed E-state index contributed by atoms with van der Waals surface area (Å²) in [5.41, 5.74) is 3.12. The number of aromatic amines is 1. The van der Waals surface area contributed by atoms with Crippen molar-refractivity contribution in [2.45, 2.75) is 19.8 Å². The highest BCUT2D eigenvalue weighted by Crippen LogP contribution is 2.18. The van der Waals surface area contributed by atoms with E-state index in [1.165, 1.54) is 0 Å². The molecule has 1 aromatic heterocycles. The molecule has 0 bridgehead atoms. The summed E-state index contributed by atoms with van der Waals surface area (Å²) < 4.78 is 0. The molecule has 1 atom stereocenters. The molecule has 1 amide bonds. The monoisotopic (exact) mass is 300 g/mol. The molecule has 22 heavy (non-hydrogen) atoms. The largest absolute Gasteiger partial charge is 0.481 e. The second kappa shape index (κ2) is 7.45. The smallest absolute Gasteiger partial charge is 0.308 e. The van der Waals surface area contributed by atoms with Gasteiger partial charge in [-0.05, 0) is 24.1 Å². The van der Waals surface area contributed by atoms with Crippen molar-refractivity contribution < 1.29 is 14.7 Å². The number of benzene rings is 1. The highest BCUT2D eigenvalue weighted by molar-refractivity contribution is 5.77. The molecule has 0 aliphatic heterocycles. The van der Waals surface area contributed by atoms with Gasteiger partial charge in [0.05, 0.1) is 5.92 Å². The van der Waals surface area contributed by atoms with Gasteiger partial charge in [-0.1, -0.05) is 37.3 Å². The molecular weight excluding hydrogens is 280 g/mol. The molecule has 1 aromatic carbocycles. The number of carboxylic acid groups (broad SMARTS) is 1. The van der Waals surface area contributed by atoms with E-state index in [1.807, 2.05) is 42.5 Å². The topological polar surface area (TPSA) is 82.2 Å². The van der Waals surface area contributed by atoms with Crippen molar-refractivity contribution >= 4 is 11.9 Å². The quantitative estimate of drug-likeness (QED) is 0.734. The molecule has 1 unspecified atom stereocenters. The minimum Gasteiger partial charge on any atom is -0.481 e. The van der Waals surface area contributed by atoms with Gasteiger partial charge >= 0.3 is 5.97 Å². The first-order valence-electron chi connectivity index (χ1n) is 7.29. The number of aryl methyl sites for hydroxylation is 1. The fourth-order valence-corrected chi connectivity index (χ4v) is 2.06. The second-order valence-electron chi connectivity index (χ2n) is 5.31. The van der Waals surface area contributed by atoms with Gasteiger partial charge in [-0.15, -0.1) is 0 Å². The minimum atomic E-state index is -0.905. The Morgan fingerprint density at radius 2 is 1.91 bits per heavy atom. The van der Waals surface area contributed by atoms with Crippen LogP contribution in [0.2, 0.25) is 0 Å². The highest BCUT2D eigenvalue weighted by Gasteiger charge is 2.12. The van der Waals surface area contributed by atoms with Crippen molar-refractivity contribution in [2.24, 2.45) is 5.92 Å². The van der Waals surface area contributed by atoms with Crippen LogP contribution in [0.5, 0.6) is 0 Å². The number of carbonyl (C=O) groups excluding carboxylic acids is 1. The lowest BCUT2D eigenvalue weighted by atomic mass is 10.2. The molecule has 2 aromatic rings. The predicted octanol–water partition coefficient (Wildman–Crippen LogP) is 2.45. The molecule has 0 fully saturated rings. The Kier molecular flexibility index (Phi) is 5.36. The minimum absolute atomic E-state index is 0.135. The van der Waals surface area contributed by atoms with Crippen LogP contribution in [-0.2, 0) is 16.0 Å². The van der Waals surface area contributed by atoms with Crippen LogP contribution in [-0.4, -0.2) is 28.5 Å². The first-order chi connectivity index (χ1) is 10.6. The van der Waals surface area contributed by atoms with Crippen molar-refractivity contribution in [3.63, 3.8) is 0 Å². The van der Waals surface area contributed by atoms with Crippen molar-refractivity contribution in [3.05, 3.63) is 48.2 Å². The molecule has 3 N–H and O–H groups in total. The Morgan fingerprint density at radius 1 is 1.18 bits per heavy atom. The van der Waals surface area contributed by atoms with Gasteiger partial charge in [-0.2, -0.15) is 0 Å². The van der Waals surface area contributed by atoms with E-state index >= 15 is 0 Å². The van der Waals surface area contributed by atoms with Gasteiger partial charge in [0.2, 0.25) is 5.91 Å². The number of aliphatic carboxylic acids is 1. The van der Waals surface area contributed by atoms with Crippen LogP contribution < -0.4 is 5.32 Å². The van der Waals surface area contributed by atoms with E-state index < -0.39 is 11.9 Å². The Balaban J connectivity index is 1.81. The number of H-pyrrole nitrogens is 1. The number of carboxylic acids is 1. The van der Waals surface area contributed by atoms with Gasteiger partial charge in [-0.25, -0.2) is 0 Å². The Labute approximate surface area is 129 Å². The normalized spacial score (nSPS) is 11.9. The molecule has 0 saturated heterocycles. The molecule has 116 valence electrons. The van der Waals surface area contributed by atoms with Gasteiger partial charge in [0.25, 0.3) is 0 Å². The summed E-state index contributed by atoms with van der Waals surface area (Å²) in [7, 11) is 0. The Morgan fingerprint density at radius 3 is 2.59 bits per heavy atom. The zero-order chi connectivity index (χ0) is 15.9. The van der Waals surface area contributed by atoms with Crippen molar-refractivity contribution in [2.75, 3.05) is 6.54 Å². The molecule has 0 aliphatic carbocycles. The number of aromatic nitrogens is 1.